The summed E-state index contributed by atoms with van der Waals surface area (Å²) in [5, 5.41) is 2.53. The van der Waals surface area contributed by atoms with Crippen LogP contribution in [0.4, 0.5) is 10.1 Å². The normalized spacial score (nSPS) is 19.7. The van der Waals surface area contributed by atoms with E-state index in [4.69, 9.17) is 11.5 Å². The summed E-state index contributed by atoms with van der Waals surface area (Å²) in [6, 6.07) is 4.35. The van der Waals surface area contributed by atoms with Gasteiger partial charge in [0, 0.05) is 7.05 Å². The summed E-state index contributed by atoms with van der Waals surface area (Å²) < 4.78 is 14.7. The highest BCUT2D eigenvalue weighted by atomic mass is 19.1. The monoisotopic (exact) mass is 332 g/mol. The van der Waals surface area contributed by atoms with Gasteiger partial charge in [0.15, 0.2) is 0 Å². The molecule has 0 radical (unpaired) electrons. The molecule has 0 aromatic heterocycles. The molecule has 3 rings (SSSR count). The molecular weight excluding hydrogens is 311 g/mol. The van der Waals surface area contributed by atoms with Crippen molar-refractivity contribution in [3.05, 3.63) is 29.6 Å². The fourth-order valence-electron chi connectivity index (χ4n) is 3.51. The van der Waals surface area contributed by atoms with Crippen molar-refractivity contribution in [2.75, 3.05) is 11.9 Å². The molecular formula is C16H21FN6O. The molecule has 0 bridgehead atoms. The first-order valence-corrected chi connectivity index (χ1v) is 7.99. The van der Waals surface area contributed by atoms with Gasteiger partial charge < -0.3 is 16.8 Å². The average Bonchev–Trinajstić information content (AvgIpc) is 2.55. The Balaban J connectivity index is 2.20. The molecule has 1 aromatic carbocycles. The van der Waals surface area contributed by atoms with Gasteiger partial charge in [0.2, 0.25) is 11.9 Å². The lowest BCUT2D eigenvalue weighted by atomic mass is 9.87. The first kappa shape index (κ1) is 16.2. The van der Waals surface area contributed by atoms with Crippen molar-refractivity contribution in [1.29, 1.82) is 0 Å². The first-order valence-electron chi connectivity index (χ1n) is 7.99. The minimum absolute atomic E-state index is 0.0552. The molecule has 128 valence electrons. The minimum atomic E-state index is -0.793. The molecule has 1 aliphatic carbocycles. The van der Waals surface area contributed by atoms with Gasteiger partial charge in [-0.2, -0.15) is 4.99 Å². The first-order chi connectivity index (χ1) is 11.5. The van der Waals surface area contributed by atoms with E-state index < -0.39 is 17.4 Å². The third-order valence-electron chi connectivity index (χ3n) is 4.53. The molecule has 1 amide bonds. The number of benzene rings is 1. The maximum absolute atomic E-state index is 14.7. The molecule has 1 aromatic rings. The van der Waals surface area contributed by atoms with E-state index in [1.54, 1.807) is 11.0 Å². The predicted molar refractivity (Wildman–Crippen MR) is 91.3 cm³/mol. The van der Waals surface area contributed by atoms with E-state index in [1.165, 1.54) is 19.2 Å². The lowest BCUT2D eigenvalue weighted by Crippen LogP contribution is -2.59. The Kier molecular flexibility index (Phi) is 4.13. The molecule has 24 heavy (non-hydrogen) atoms. The number of para-hydroxylation sites is 1. The third kappa shape index (κ3) is 2.57. The van der Waals surface area contributed by atoms with Crippen molar-refractivity contribution in [3.63, 3.8) is 0 Å². The maximum atomic E-state index is 14.7. The van der Waals surface area contributed by atoms with Crippen LogP contribution in [0, 0.1) is 5.82 Å². The van der Waals surface area contributed by atoms with Gasteiger partial charge in [-0.25, -0.2) is 9.38 Å². The zero-order chi connectivity index (χ0) is 17.3. The standard InChI is InChI=1S/C16H21FN6O/c1-20-13(24)10-6-5-7-11(17)12(10)23-15(19)21-14(18)22-16(23)8-3-2-4-9-16/h5-7H,2-4,8-9H2,1H3,(H,20,24)(H4,18,19,21,22). The van der Waals surface area contributed by atoms with Crippen molar-refractivity contribution < 1.29 is 9.18 Å². The zero-order valence-electron chi connectivity index (χ0n) is 13.6. The van der Waals surface area contributed by atoms with E-state index in [0.717, 1.165) is 19.3 Å². The van der Waals surface area contributed by atoms with Crippen LogP contribution in [0.1, 0.15) is 42.5 Å². The van der Waals surface area contributed by atoms with Gasteiger partial charge in [0.25, 0.3) is 5.91 Å². The second-order valence-electron chi connectivity index (χ2n) is 6.03. The van der Waals surface area contributed by atoms with E-state index >= 15 is 0 Å². The highest BCUT2D eigenvalue weighted by Gasteiger charge is 2.44. The van der Waals surface area contributed by atoms with E-state index in [0.29, 0.717) is 12.8 Å². The van der Waals surface area contributed by atoms with Crippen LogP contribution in [-0.4, -0.2) is 30.5 Å². The molecule has 1 aliphatic heterocycles. The topological polar surface area (TPSA) is 109 Å². The lowest BCUT2D eigenvalue weighted by molar-refractivity contribution is 0.0963. The minimum Gasteiger partial charge on any atom is -0.369 e. The van der Waals surface area contributed by atoms with Gasteiger partial charge in [0.1, 0.15) is 11.5 Å². The summed E-state index contributed by atoms with van der Waals surface area (Å²) in [6.07, 6.45) is 4.26. The van der Waals surface area contributed by atoms with Crippen molar-refractivity contribution >= 4 is 23.5 Å². The predicted octanol–water partition coefficient (Wildman–Crippen LogP) is 1.30. The van der Waals surface area contributed by atoms with Crippen molar-refractivity contribution in [2.45, 2.75) is 37.8 Å². The van der Waals surface area contributed by atoms with Crippen molar-refractivity contribution in [3.8, 4) is 0 Å². The number of rotatable bonds is 2. The number of anilines is 1. The van der Waals surface area contributed by atoms with Gasteiger partial charge in [-0.15, -0.1) is 0 Å². The fraction of sp³-hybridized carbons (Fsp3) is 0.438. The Hall–Kier alpha value is -2.64. The van der Waals surface area contributed by atoms with E-state index in [-0.39, 0.29) is 23.2 Å². The number of amides is 1. The largest absolute Gasteiger partial charge is 0.369 e. The zero-order valence-corrected chi connectivity index (χ0v) is 13.6. The summed E-state index contributed by atoms with van der Waals surface area (Å²) in [4.78, 5) is 22.3. The number of carbonyl (C=O) groups excluding carboxylic acids is 1. The Labute approximate surface area is 139 Å². The summed E-state index contributed by atoms with van der Waals surface area (Å²) in [5.74, 6) is -0.802. The average molecular weight is 332 g/mol. The smallest absolute Gasteiger partial charge is 0.253 e. The Morgan fingerprint density at radius 3 is 2.67 bits per heavy atom. The Bertz CT molecular complexity index is 723. The van der Waals surface area contributed by atoms with Crippen molar-refractivity contribution in [1.82, 2.24) is 5.32 Å². The molecule has 1 saturated carbocycles. The molecule has 8 heteroatoms. The second kappa shape index (κ2) is 6.10. The molecule has 5 N–H and O–H groups in total. The van der Waals surface area contributed by atoms with E-state index in [2.05, 4.69) is 15.3 Å². The number of hydrogen-bond acceptors (Lipinski definition) is 6. The Morgan fingerprint density at radius 1 is 1.29 bits per heavy atom. The number of halogens is 1. The molecule has 2 aliphatic rings. The van der Waals surface area contributed by atoms with Gasteiger partial charge in [-0.3, -0.25) is 9.69 Å². The number of carbonyl (C=O) groups is 1. The highest BCUT2D eigenvalue weighted by Crippen LogP contribution is 2.41. The molecule has 1 fully saturated rings. The summed E-state index contributed by atoms with van der Waals surface area (Å²) in [5.41, 5.74) is 11.4. The number of nitrogens with zero attached hydrogens (tertiary/aromatic N) is 3. The van der Waals surface area contributed by atoms with Gasteiger partial charge in [-0.05, 0) is 37.8 Å². The van der Waals surface area contributed by atoms with Crippen LogP contribution in [0.25, 0.3) is 0 Å². The number of guanidine groups is 2. The van der Waals surface area contributed by atoms with Crippen LogP contribution in [0.2, 0.25) is 0 Å². The summed E-state index contributed by atoms with van der Waals surface area (Å²) >= 11 is 0. The van der Waals surface area contributed by atoms with E-state index in [9.17, 15) is 9.18 Å². The SMILES string of the molecule is CNC(=O)c1cccc(F)c1N1C(N)=NC(N)=NC12CCCCC2. The maximum Gasteiger partial charge on any atom is 0.253 e. The molecule has 1 heterocycles. The summed E-state index contributed by atoms with van der Waals surface area (Å²) in [6.45, 7) is 0. The van der Waals surface area contributed by atoms with Crippen LogP contribution in [0.5, 0.6) is 0 Å². The van der Waals surface area contributed by atoms with Crippen molar-refractivity contribution in [2.24, 2.45) is 21.5 Å². The number of aliphatic imine (C=N–C) groups is 2. The van der Waals surface area contributed by atoms with Gasteiger partial charge in [-0.1, -0.05) is 12.5 Å². The van der Waals surface area contributed by atoms with Crippen LogP contribution >= 0.6 is 0 Å². The molecule has 1 spiro atoms. The molecule has 7 nitrogen and oxygen atoms in total. The number of nitrogens with two attached hydrogens (primary N) is 2. The van der Waals surface area contributed by atoms with Gasteiger partial charge >= 0.3 is 0 Å². The summed E-state index contributed by atoms with van der Waals surface area (Å²) in [7, 11) is 1.50. The molecule has 0 atom stereocenters. The molecule has 0 saturated heterocycles. The third-order valence-corrected chi connectivity index (χ3v) is 4.53. The highest BCUT2D eigenvalue weighted by molar-refractivity contribution is 6.10. The second-order valence-corrected chi connectivity index (χ2v) is 6.03. The van der Waals surface area contributed by atoms with E-state index in [1.807, 2.05) is 0 Å². The quantitative estimate of drug-likeness (QED) is 0.758. The Morgan fingerprint density at radius 2 is 2.00 bits per heavy atom. The molecule has 0 unspecified atom stereocenters. The van der Waals surface area contributed by atoms with Crippen LogP contribution < -0.4 is 21.7 Å². The number of nitrogens with one attached hydrogen (secondary N) is 1. The van der Waals surface area contributed by atoms with Crippen LogP contribution in [0.15, 0.2) is 28.2 Å². The van der Waals surface area contributed by atoms with Crippen LogP contribution in [-0.2, 0) is 0 Å². The van der Waals surface area contributed by atoms with Crippen LogP contribution in [0.3, 0.4) is 0 Å². The fourth-order valence-corrected chi connectivity index (χ4v) is 3.51. The number of hydrogen-bond donors (Lipinski definition) is 3. The van der Waals surface area contributed by atoms with Gasteiger partial charge in [0.05, 0.1) is 11.3 Å². The lowest BCUT2D eigenvalue weighted by Gasteiger charge is -2.46.